The van der Waals surface area contributed by atoms with Crippen LogP contribution in [0.5, 0.6) is 0 Å². The maximum atomic E-state index is 12.0. The Morgan fingerprint density at radius 1 is 1.53 bits per heavy atom. The second-order valence-electron chi connectivity index (χ2n) is 5.01. The SMILES string of the molecule is CC1(O)CCCN(C(=O)[C@@H]2CCCN2)C1. The Hall–Kier alpha value is -0.610. The molecule has 0 bridgehead atoms. The molecule has 0 radical (unpaired) electrons. The zero-order valence-electron chi connectivity index (χ0n) is 9.33. The third kappa shape index (κ3) is 2.49. The van der Waals surface area contributed by atoms with Crippen molar-refractivity contribution in [3.05, 3.63) is 0 Å². The molecule has 2 N–H and O–H groups in total. The Morgan fingerprint density at radius 3 is 2.93 bits per heavy atom. The number of rotatable bonds is 1. The van der Waals surface area contributed by atoms with Crippen LogP contribution in [-0.2, 0) is 4.79 Å². The van der Waals surface area contributed by atoms with Crippen molar-refractivity contribution < 1.29 is 9.90 Å². The van der Waals surface area contributed by atoms with Crippen molar-refractivity contribution >= 4 is 5.91 Å². The average Bonchev–Trinajstić information content (AvgIpc) is 2.67. The van der Waals surface area contributed by atoms with Gasteiger partial charge in [0.25, 0.3) is 0 Å². The lowest BCUT2D eigenvalue weighted by Gasteiger charge is -2.38. The topological polar surface area (TPSA) is 52.6 Å². The maximum absolute atomic E-state index is 12.0. The van der Waals surface area contributed by atoms with Crippen molar-refractivity contribution in [2.45, 2.75) is 44.2 Å². The average molecular weight is 212 g/mol. The normalized spacial score (nSPS) is 36.9. The van der Waals surface area contributed by atoms with Crippen LogP contribution < -0.4 is 5.32 Å². The van der Waals surface area contributed by atoms with Gasteiger partial charge in [0.1, 0.15) is 0 Å². The summed E-state index contributed by atoms with van der Waals surface area (Å²) in [6.07, 6.45) is 3.73. The Labute approximate surface area is 90.6 Å². The number of carbonyl (C=O) groups is 1. The zero-order chi connectivity index (χ0) is 10.9. The summed E-state index contributed by atoms with van der Waals surface area (Å²) in [5.41, 5.74) is -0.688. The summed E-state index contributed by atoms with van der Waals surface area (Å²) in [5.74, 6) is 0.174. The molecule has 0 aliphatic carbocycles. The fraction of sp³-hybridized carbons (Fsp3) is 0.909. The number of nitrogens with zero attached hydrogens (tertiary/aromatic N) is 1. The van der Waals surface area contributed by atoms with Crippen LogP contribution in [-0.4, -0.2) is 47.2 Å². The number of nitrogens with one attached hydrogen (secondary N) is 1. The Morgan fingerprint density at radius 2 is 2.33 bits per heavy atom. The molecule has 2 saturated heterocycles. The summed E-state index contributed by atoms with van der Waals surface area (Å²) in [6.45, 7) is 4.05. The number of aliphatic hydroxyl groups is 1. The van der Waals surface area contributed by atoms with Gasteiger partial charge in [0.05, 0.1) is 11.6 Å². The lowest BCUT2D eigenvalue weighted by molar-refractivity contribution is -0.139. The number of β-amino-alcohol motifs (C(OH)–C–C–N with tert-alkyl or cyclic N) is 1. The van der Waals surface area contributed by atoms with E-state index in [2.05, 4.69) is 5.32 Å². The minimum absolute atomic E-state index is 0.00102. The fourth-order valence-electron chi connectivity index (χ4n) is 2.52. The number of amides is 1. The molecule has 86 valence electrons. The van der Waals surface area contributed by atoms with Crippen LogP contribution >= 0.6 is 0 Å². The number of likely N-dealkylation sites (tertiary alicyclic amines) is 1. The number of hydrogen-bond acceptors (Lipinski definition) is 3. The third-order valence-electron chi connectivity index (χ3n) is 3.34. The molecular formula is C11H20N2O2. The highest BCUT2D eigenvalue weighted by atomic mass is 16.3. The second-order valence-corrected chi connectivity index (χ2v) is 5.01. The Balaban J connectivity index is 1.94. The highest BCUT2D eigenvalue weighted by Crippen LogP contribution is 2.21. The van der Waals surface area contributed by atoms with Crippen LogP contribution in [0.4, 0.5) is 0 Å². The standard InChI is InChI=1S/C11H20N2O2/c1-11(15)5-3-7-13(8-11)10(14)9-4-2-6-12-9/h9,12,15H,2-8H2,1H3/t9-,11?/m0/s1. The van der Waals surface area contributed by atoms with Crippen molar-refractivity contribution in [1.29, 1.82) is 0 Å². The van der Waals surface area contributed by atoms with Crippen LogP contribution in [0.1, 0.15) is 32.6 Å². The van der Waals surface area contributed by atoms with Gasteiger partial charge < -0.3 is 15.3 Å². The van der Waals surface area contributed by atoms with Crippen molar-refractivity contribution in [3.8, 4) is 0 Å². The first-order valence-corrected chi connectivity index (χ1v) is 5.83. The first-order valence-electron chi connectivity index (χ1n) is 5.83. The number of carbonyl (C=O) groups excluding carboxylic acids is 1. The highest BCUT2D eigenvalue weighted by molar-refractivity contribution is 5.82. The number of piperidine rings is 1. The minimum atomic E-state index is -0.688. The molecule has 4 heteroatoms. The van der Waals surface area contributed by atoms with Gasteiger partial charge in [-0.2, -0.15) is 0 Å². The quantitative estimate of drug-likeness (QED) is 0.649. The molecule has 2 aliphatic rings. The molecule has 4 nitrogen and oxygen atoms in total. The molecule has 2 aliphatic heterocycles. The molecule has 0 aromatic carbocycles. The molecule has 0 aromatic heterocycles. The molecule has 2 rings (SSSR count). The van der Waals surface area contributed by atoms with E-state index >= 15 is 0 Å². The van der Waals surface area contributed by atoms with Crippen molar-refractivity contribution in [3.63, 3.8) is 0 Å². The van der Waals surface area contributed by atoms with Gasteiger partial charge >= 0.3 is 0 Å². The van der Waals surface area contributed by atoms with E-state index in [9.17, 15) is 9.90 Å². The maximum Gasteiger partial charge on any atom is 0.239 e. The van der Waals surface area contributed by atoms with Gasteiger partial charge in [-0.25, -0.2) is 0 Å². The van der Waals surface area contributed by atoms with Crippen molar-refractivity contribution in [1.82, 2.24) is 10.2 Å². The van der Waals surface area contributed by atoms with Crippen molar-refractivity contribution in [2.24, 2.45) is 0 Å². The van der Waals surface area contributed by atoms with Crippen LogP contribution in [0.3, 0.4) is 0 Å². The first kappa shape index (κ1) is 10.9. The van der Waals surface area contributed by atoms with Gasteiger partial charge in [-0.3, -0.25) is 4.79 Å². The molecule has 0 saturated carbocycles. The van der Waals surface area contributed by atoms with Crippen LogP contribution in [0.2, 0.25) is 0 Å². The molecule has 2 atom stereocenters. The smallest absolute Gasteiger partial charge is 0.239 e. The molecule has 1 amide bonds. The lowest BCUT2D eigenvalue weighted by Crippen LogP contribution is -2.53. The molecule has 2 heterocycles. The molecule has 2 fully saturated rings. The summed E-state index contributed by atoms with van der Waals surface area (Å²) >= 11 is 0. The van der Waals surface area contributed by atoms with E-state index in [0.717, 1.165) is 38.8 Å². The predicted octanol–water partition coefficient (Wildman–Crippen LogP) is 0.112. The van der Waals surface area contributed by atoms with E-state index < -0.39 is 5.60 Å². The highest BCUT2D eigenvalue weighted by Gasteiger charge is 2.34. The summed E-state index contributed by atoms with van der Waals surface area (Å²) in [5, 5.41) is 13.1. The Kier molecular flexibility index (Phi) is 2.98. The lowest BCUT2D eigenvalue weighted by atomic mass is 9.94. The van der Waals surface area contributed by atoms with E-state index in [1.165, 1.54) is 0 Å². The van der Waals surface area contributed by atoms with Gasteiger partial charge in [0.2, 0.25) is 5.91 Å². The molecule has 1 unspecified atom stereocenters. The van der Waals surface area contributed by atoms with E-state index in [0.29, 0.717) is 6.54 Å². The van der Waals surface area contributed by atoms with Gasteiger partial charge in [0, 0.05) is 13.1 Å². The van der Waals surface area contributed by atoms with E-state index in [4.69, 9.17) is 0 Å². The Bertz CT molecular complexity index is 247. The van der Waals surface area contributed by atoms with Crippen LogP contribution in [0.25, 0.3) is 0 Å². The van der Waals surface area contributed by atoms with E-state index in [-0.39, 0.29) is 11.9 Å². The molecule has 0 spiro atoms. The van der Waals surface area contributed by atoms with Gasteiger partial charge in [-0.05, 0) is 39.2 Å². The van der Waals surface area contributed by atoms with Crippen molar-refractivity contribution in [2.75, 3.05) is 19.6 Å². The predicted molar refractivity (Wildman–Crippen MR) is 57.5 cm³/mol. The van der Waals surface area contributed by atoms with Gasteiger partial charge in [-0.1, -0.05) is 0 Å². The van der Waals surface area contributed by atoms with Crippen LogP contribution in [0, 0.1) is 0 Å². The molecule has 0 aromatic rings. The zero-order valence-corrected chi connectivity index (χ0v) is 9.33. The monoisotopic (exact) mass is 212 g/mol. The second kappa shape index (κ2) is 4.10. The summed E-state index contributed by atoms with van der Waals surface area (Å²) < 4.78 is 0. The van der Waals surface area contributed by atoms with Gasteiger partial charge in [-0.15, -0.1) is 0 Å². The van der Waals surface area contributed by atoms with E-state index in [1.54, 1.807) is 0 Å². The third-order valence-corrected chi connectivity index (χ3v) is 3.34. The number of hydrogen-bond donors (Lipinski definition) is 2. The van der Waals surface area contributed by atoms with E-state index in [1.807, 2.05) is 11.8 Å². The van der Waals surface area contributed by atoms with Crippen LogP contribution in [0.15, 0.2) is 0 Å². The summed E-state index contributed by atoms with van der Waals surface area (Å²) in [6, 6.07) is -0.00102. The molecule has 15 heavy (non-hydrogen) atoms. The summed E-state index contributed by atoms with van der Waals surface area (Å²) in [4.78, 5) is 13.9. The molecular weight excluding hydrogens is 192 g/mol. The fourth-order valence-corrected chi connectivity index (χ4v) is 2.52. The first-order chi connectivity index (χ1) is 7.08. The minimum Gasteiger partial charge on any atom is -0.388 e. The summed E-state index contributed by atoms with van der Waals surface area (Å²) in [7, 11) is 0. The largest absolute Gasteiger partial charge is 0.388 e. The van der Waals surface area contributed by atoms with Gasteiger partial charge in [0.15, 0.2) is 0 Å².